The lowest BCUT2D eigenvalue weighted by Gasteiger charge is -2.34. The van der Waals surface area contributed by atoms with E-state index < -0.39 is 11.6 Å². The van der Waals surface area contributed by atoms with Gasteiger partial charge < -0.3 is 28.8 Å². The van der Waals surface area contributed by atoms with Crippen molar-refractivity contribution in [2.45, 2.75) is 213 Å². The van der Waals surface area contributed by atoms with Crippen LogP contribution in [-0.2, 0) is 27.1 Å². The number of hydrogen-bond acceptors (Lipinski definition) is 4. The van der Waals surface area contributed by atoms with Gasteiger partial charge in [-0.05, 0) is 181 Å². The van der Waals surface area contributed by atoms with Crippen LogP contribution >= 0.6 is 0 Å². The first-order valence-electron chi connectivity index (χ1n) is 33.9. The van der Waals surface area contributed by atoms with Crippen molar-refractivity contribution in [2.75, 3.05) is 13.2 Å². The third kappa shape index (κ3) is 13.8. The minimum Gasteiger partial charge on any atom is -0.505 e. The van der Waals surface area contributed by atoms with Gasteiger partial charge in [-0.1, -0.05) is 208 Å². The molecule has 1 aliphatic rings. The summed E-state index contributed by atoms with van der Waals surface area (Å²) in [5, 5.41) is 31.9. The summed E-state index contributed by atoms with van der Waals surface area (Å²) in [7, 11) is 0. The molecule has 1 aliphatic carbocycles. The van der Waals surface area contributed by atoms with Gasteiger partial charge in [0.15, 0.2) is 0 Å². The molecule has 0 aliphatic heterocycles. The maximum absolute atomic E-state index is 16.3. The zero-order valence-electron chi connectivity index (χ0n) is 60.6. The quantitative estimate of drug-likeness (QED) is 0.106. The Kier molecular flexibility index (Phi) is 17.6. The van der Waals surface area contributed by atoms with Crippen LogP contribution in [-0.4, -0.2) is 32.6 Å². The molecule has 0 saturated carbocycles. The highest BCUT2D eigenvalue weighted by molar-refractivity contribution is 6.10. The largest absolute Gasteiger partial charge is 0.505 e. The zero-order chi connectivity index (χ0) is 68.4. The molecule has 0 spiro atoms. The van der Waals surface area contributed by atoms with E-state index in [1.165, 1.54) is 41.0 Å². The molecular formula is C85H106F2N2O4. The molecule has 0 amide bonds. The maximum Gasteiger partial charge on any atom is 0.147 e. The Bertz CT molecular complexity index is 4430. The predicted octanol–water partition coefficient (Wildman–Crippen LogP) is 22.1. The van der Waals surface area contributed by atoms with Crippen LogP contribution < -0.4 is 20.0 Å². The normalized spacial score (nSPS) is 15.5. The van der Waals surface area contributed by atoms with Gasteiger partial charge in [0.1, 0.15) is 34.6 Å². The van der Waals surface area contributed by atoms with E-state index in [1.807, 2.05) is 19.1 Å². The van der Waals surface area contributed by atoms with E-state index in [4.69, 9.17) is 9.47 Å². The van der Waals surface area contributed by atoms with Crippen molar-refractivity contribution < 1.29 is 28.5 Å². The van der Waals surface area contributed by atoms with Crippen LogP contribution in [0, 0.1) is 46.6 Å². The highest BCUT2D eigenvalue weighted by Crippen LogP contribution is 2.50. The highest BCUT2D eigenvalue weighted by atomic mass is 19.1. The van der Waals surface area contributed by atoms with Gasteiger partial charge in [0.25, 0.3) is 0 Å². The number of benzene rings is 7. The number of ether oxygens (including phenoxy) is 2. The summed E-state index contributed by atoms with van der Waals surface area (Å²) in [4.78, 5) is 0. The number of rotatable bonds is 14. The van der Waals surface area contributed by atoms with Gasteiger partial charge in [-0.3, -0.25) is 0 Å². The second-order valence-corrected chi connectivity index (χ2v) is 35.3. The van der Waals surface area contributed by atoms with Gasteiger partial charge >= 0.3 is 0 Å². The number of phenols is 2. The Hall–Kier alpha value is -7.32. The van der Waals surface area contributed by atoms with Crippen LogP contribution in [0.5, 0.6) is 23.0 Å². The first-order valence-corrected chi connectivity index (χ1v) is 33.9. The molecule has 2 aromatic heterocycles. The van der Waals surface area contributed by atoms with Gasteiger partial charge in [-0.15, -0.1) is 0 Å². The highest BCUT2D eigenvalue weighted by Gasteiger charge is 2.36. The van der Waals surface area contributed by atoms with Gasteiger partial charge in [0.05, 0.1) is 46.5 Å². The van der Waals surface area contributed by atoms with Crippen LogP contribution in [0.2, 0.25) is 0 Å². The number of aromatic nitrogens is 2. The van der Waals surface area contributed by atoms with Crippen molar-refractivity contribution in [1.82, 2.24) is 9.13 Å². The van der Waals surface area contributed by atoms with Crippen LogP contribution in [0.1, 0.15) is 212 Å². The van der Waals surface area contributed by atoms with E-state index in [2.05, 4.69) is 247 Å². The molecule has 2 atom stereocenters. The molecule has 0 saturated heterocycles. The van der Waals surface area contributed by atoms with Crippen LogP contribution in [0.4, 0.5) is 8.78 Å². The molecule has 2 N–H and O–H groups in total. The Balaban J connectivity index is 1.07. The molecular weight excluding hydrogens is 1150 g/mol. The maximum atomic E-state index is 16.3. The summed E-state index contributed by atoms with van der Waals surface area (Å²) in [5.41, 5.74) is 10.8. The first-order chi connectivity index (χ1) is 42.8. The average molecular weight is 1260 g/mol. The SMILES string of the molecule is Cc1cc(F)cc(-c2cc(C(C)(C)CC(C)(C)C)cc(-n3c4cc(C(C)(C)C)ccc4c4ccc(C(C)(C)C)cc43)c2O)c1OCCCOc1ccc(F)cc1-c1cc(C(C)(C)CC(C)(C)C)cc(-n2c3c(c4ccc(C(C)(C)C)cc42)=CC(C)C(C(C)(C)C)C=3)c1O. The average Bonchev–Trinajstić information content (AvgIpc) is 1.61. The monoisotopic (exact) mass is 1260 g/mol. The Morgan fingerprint density at radius 2 is 0.882 bits per heavy atom. The number of phenolic OH excluding ortho intramolecular Hbond substituents is 2. The summed E-state index contributed by atoms with van der Waals surface area (Å²) in [6.07, 6.45) is 6.90. The van der Waals surface area contributed by atoms with Gasteiger partial charge in [-0.25, -0.2) is 8.78 Å². The van der Waals surface area contributed by atoms with Crippen molar-refractivity contribution >= 4 is 44.9 Å². The lowest BCUT2D eigenvalue weighted by atomic mass is 9.71. The molecule has 9 aromatic rings. The molecule has 494 valence electrons. The molecule has 0 fully saturated rings. The van der Waals surface area contributed by atoms with Crippen molar-refractivity contribution in [2.24, 2.45) is 28.1 Å². The fourth-order valence-corrected chi connectivity index (χ4v) is 15.3. The lowest BCUT2D eigenvalue weighted by Crippen LogP contribution is -2.38. The Labute approximate surface area is 554 Å². The molecule has 7 aromatic carbocycles. The molecule has 93 heavy (non-hydrogen) atoms. The molecule has 10 rings (SSSR count). The third-order valence-corrected chi connectivity index (χ3v) is 19.5. The van der Waals surface area contributed by atoms with Crippen LogP contribution in [0.3, 0.4) is 0 Å². The van der Waals surface area contributed by atoms with E-state index in [-0.39, 0.29) is 79.9 Å². The second-order valence-electron chi connectivity index (χ2n) is 35.3. The molecule has 0 radical (unpaired) electrons. The number of fused-ring (bicyclic) bond motifs is 6. The van der Waals surface area contributed by atoms with Gasteiger partial charge in [0, 0.05) is 50.1 Å². The zero-order valence-corrected chi connectivity index (χ0v) is 60.6. The van der Waals surface area contributed by atoms with E-state index >= 15 is 8.78 Å². The summed E-state index contributed by atoms with van der Waals surface area (Å²) < 4.78 is 50.4. The summed E-state index contributed by atoms with van der Waals surface area (Å²) in [6, 6.07) is 36.0. The smallest absolute Gasteiger partial charge is 0.147 e. The molecule has 8 heteroatoms. The van der Waals surface area contributed by atoms with E-state index in [9.17, 15) is 10.2 Å². The van der Waals surface area contributed by atoms with Crippen molar-refractivity contribution in [3.63, 3.8) is 0 Å². The summed E-state index contributed by atoms with van der Waals surface area (Å²) >= 11 is 0. The fraction of sp³-hybridized carbons (Fsp3) is 0.459. The van der Waals surface area contributed by atoms with E-state index in [1.54, 1.807) is 6.07 Å². The molecule has 0 bridgehead atoms. The summed E-state index contributed by atoms with van der Waals surface area (Å²) in [6.45, 7) is 53.9. The van der Waals surface area contributed by atoms with Crippen molar-refractivity contribution in [1.29, 1.82) is 0 Å². The number of nitrogens with zero attached hydrogens (tertiary/aromatic N) is 2. The van der Waals surface area contributed by atoms with Crippen LogP contribution in [0.25, 0.3) is 78.5 Å². The van der Waals surface area contributed by atoms with Gasteiger partial charge in [-0.2, -0.15) is 0 Å². The minimum atomic E-state index is -0.455. The number of aromatic hydroxyl groups is 2. The standard InChI is InChI=1S/C85H106F2N2O4/c1-50-37-62-61-32-28-54(82(15,16)17)42-70(61)89(71(62)47-67(50)83(18,19)20)72-43-55(84(21,22)48-78(3,4)5)38-64(75(72)90)63-45-57(86)29-33-74(63)92-34-25-35-93-77-51(2)36-58(87)46-66(77)65-39-56(85(23,24)49-79(6,7)8)44-73(76(65)91)88-68-40-52(80(9,10)11)26-30-59(68)60-31-27-53(41-69(60)88)81(12,13)14/h26-33,36-47,50,67,90-91H,25,34-35,48-49H2,1-24H3. The first kappa shape index (κ1) is 68.5. The summed E-state index contributed by atoms with van der Waals surface area (Å²) in [5.74, 6) is 0.514. The van der Waals surface area contributed by atoms with Gasteiger partial charge in [0.2, 0.25) is 0 Å². The predicted molar refractivity (Wildman–Crippen MR) is 389 cm³/mol. The number of aryl methyl sites for hydroxylation is 1. The Morgan fingerprint density at radius 3 is 1.35 bits per heavy atom. The van der Waals surface area contributed by atoms with Crippen LogP contribution in [0.15, 0.2) is 109 Å². The lowest BCUT2D eigenvalue weighted by molar-refractivity contribution is 0.247. The third-order valence-electron chi connectivity index (χ3n) is 19.5. The second kappa shape index (κ2) is 23.8. The van der Waals surface area contributed by atoms with Crippen molar-refractivity contribution in [3.05, 3.63) is 165 Å². The fourth-order valence-electron chi connectivity index (χ4n) is 15.3. The molecule has 6 nitrogen and oxygen atoms in total. The molecule has 2 unspecified atom stereocenters. The minimum absolute atomic E-state index is 0.0189. The van der Waals surface area contributed by atoms with E-state index in [0.29, 0.717) is 57.1 Å². The van der Waals surface area contributed by atoms with Crippen molar-refractivity contribution in [3.8, 4) is 56.6 Å². The number of hydrogen-bond donors (Lipinski definition) is 2. The Morgan fingerprint density at radius 1 is 0.441 bits per heavy atom. The van der Waals surface area contributed by atoms with E-state index in [0.717, 1.165) is 67.2 Å². The molecule has 2 heterocycles. The topological polar surface area (TPSA) is 68.8 Å². The number of halogens is 2.